The third kappa shape index (κ3) is 5.14. The van der Waals surface area contributed by atoms with E-state index in [0.29, 0.717) is 33.8 Å². The van der Waals surface area contributed by atoms with Crippen LogP contribution in [0.1, 0.15) is 11.1 Å². The van der Waals surface area contributed by atoms with Gasteiger partial charge < -0.3 is 14.8 Å². The van der Waals surface area contributed by atoms with Crippen LogP contribution in [-0.2, 0) is 13.2 Å². The van der Waals surface area contributed by atoms with Crippen molar-refractivity contribution in [1.29, 1.82) is 0 Å². The molecule has 0 radical (unpaired) electrons. The second-order valence-electron chi connectivity index (χ2n) is 6.01. The Morgan fingerprint density at radius 2 is 1.86 bits per heavy atom. The molecular weight excluding hydrogens is 452 g/mol. The van der Waals surface area contributed by atoms with Crippen molar-refractivity contribution < 1.29 is 18.3 Å². The van der Waals surface area contributed by atoms with Crippen molar-refractivity contribution in [2.24, 2.45) is 0 Å². The summed E-state index contributed by atoms with van der Waals surface area (Å²) >= 11 is 9.30. The van der Waals surface area contributed by atoms with Gasteiger partial charge in [0.2, 0.25) is 0 Å². The second-order valence-corrected chi connectivity index (χ2v) is 7.27. The van der Waals surface area contributed by atoms with Gasteiger partial charge in [-0.25, -0.2) is 8.78 Å². The van der Waals surface area contributed by atoms with Crippen molar-refractivity contribution in [1.82, 2.24) is 0 Å². The molecule has 3 nitrogen and oxygen atoms in total. The smallest absolute Gasteiger partial charge is 0.175 e. The van der Waals surface area contributed by atoms with E-state index < -0.39 is 5.82 Å². The molecule has 0 amide bonds. The van der Waals surface area contributed by atoms with Gasteiger partial charge in [0.1, 0.15) is 18.2 Å². The van der Waals surface area contributed by atoms with Crippen molar-refractivity contribution in [3.63, 3.8) is 0 Å². The molecule has 0 spiro atoms. The molecule has 0 bridgehead atoms. The molecule has 0 aliphatic rings. The summed E-state index contributed by atoms with van der Waals surface area (Å²) in [6.07, 6.45) is 0. The minimum Gasteiger partial charge on any atom is -0.493 e. The van der Waals surface area contributed by atoms with E-state index in [9.17, 15) is 8.78 Å². The average Bonchev–Trinajstić information content (AvgIpc) is 2.67. The van der Waals surface area contributed by atoms with Crippen molar-refractivity contribution in [2.45, 2.75) is 13.2 Å². The normalized spacial score (nSPS) is 10.6. The van der Waals surface area contributed by atoms with Crippen LogP contribution in [-0.4, -0.2) is 7.11 Å². The van der Waals surface area contributed by atoms with Gasteiger partial charge in [-0.3, -0.25) is 0 Å². The quantitative estimate of drug-likeness (QED) is 0.425. The van der Waals surface area contributed by atoms with Gasteiger partial charge in [-0.1, -0.05) is 23.7 Å². The van der Waals surface area contributed by atoms with Gasteiger partial charge in [0, 0.05) is 12.2 Å². The Balaban J connectivity index is 1.72. The molecule has 146 valence electrons. The molecule has 0 saturated carbocycles. The van der Waals surface area contributed by atoms with Crippen LogP contribution in [0.2, 0.25) is 5.02 Å². The molecule has 3 aromatic rings. The van der Waals surface area contributed by atoms with E-state index in [1.54, 1.807) is 25.3 Å². The Hall–Kier alpha value is -2.31. The number of ether oxygens (including phenoxy) is 2. The number of methoxy groups -OCH3 is 1. The summed E-state index contributed by atoms with van der Waals surface area (Å²) in [7, 11) is 1.55. The third-order valence-electron chi connectivity index (χ3n) is 3.98. The Morgan fingerprint density at radius 3 is 2.57 bits per heavy atom. The summed E-state index contributed by atoms with van der Waals surface area (Å²) < 4.78 is 38.5. The lowest BCUT2D eigenvalue weighted by atomic mass is 10.2. The van der Waals surface area contributed by atoms with Crippen LogP contribution in [0, 0.1) is 11.6 Å². The average molecular weight is 469 g/mol. The first-order valence-electron chi connectivity index (χ1n) is 8.39. The number of nitrogens with one attached hydrogen (secondary N) is 1. The number of benzene rings is 3. The van der Waals surface area contributed by atoms with Crippen LogP contribution in [0.5, 0.6) is 11.5 Å². The van der Waals surface area contributed by atoms with Crippen molar-refractivity contribution in [2.75, 3.05) is 12.4 Å². The lowest BCUT2D eigenvalue weighted by molar-refractivity contribution is 0.282. The monoisotopic (exact) mass is 467 g/mol. The van der Waals surface area contributed by atoms with Gasteiger partial charge in [-0.2, -0.15) is 0 Å². The molecule has 7 heteroatoms. The Labute approximate surface area is 175 Å². The summed E-state index contributed by atoms with van der Waals surface area (Å²) in [4.78, 5) is 0. The zero-order chi connectivity index (χ0) is 20.1. The molecular formula is C21H17BrClF2NO2. The topological polar surface area (TPSA) is 30.5 Å². The Kier molecular flexibility index (Phi) is 6.75. The molecule has 0 aromatic heterocycles. The minimum absolute atomic E-state index is 0.0601. The van der Waals surface area contributed by atoms with E-state index >= 15 is 0 Å². The lowest BCUT2D eigenvalue weighted by Gasteiger charge is -2.15. The number of halogens is 4. The number of anilines is 1. The third-order valence-corrected chi connectivity index (χ3v) is 4.86. The number of hydrogen-bond acceptors (Lipinski definition) is 3. The minimum atomic E-state index is -0.462. The predicted molar refractivity (Wildman–Crippen MR) is 110 cm³/mol. The van der Waals surface area contributed by atoms with Crippen LogP contribution in [0.3, 0.4) is 0 Å². The standard InChI is InChI=1S/C21H17BrClF2NO2/c1-27-20-9-14(11-26-16-5-6-19(25)18(23)10-16)8-17(22)21(20)28-12-13-3-2-4-15(24)7-13/h2-10,26H,11-12H2,1H3. The molecule has 28 heavy (non-hydrogen) atoms. The molecule has 0 fully saturated rings. The molecule has 1 N–H and O–H groups in total. The maximum atomic E-state index is 13.3. The van der Waals surface area contributed by atoms with Crippen molar-refractivity contribution in [3.05, 3.63) is 86.9 Å². The van der Waals surface area contributed by atoms with Crippen LogP contribution in [0.15, 0.2) is 59.1 Å². The van der Waals surface area contributed by atoms with Crippen LogP contribution in [0.4, 0.5) is 14.5 Å². The first-order chi connectivity index (χ1) is 13.5. The highest BCUT2D eigenvalue weighted by Gasteiger charge is 2.12. The molecule has 0 atom stereocenters. The van der Waals surface area contributed by atoms with Gasteiger partial charge in [0.15, 0.2) is 11.5 Å². The molecule has 0 aliphatic carbocycles. The fraction of sp³-hybridized carbons (Fsp3) is 0.143. The highest BCUT2D eigenvalue weighted by atomic mass is 79.9. The van der Waals surface area contributed by atoms with E-state index in [1.165, 1.54) is 24.3 Å². The van der Waals surface area contributed by atoms with E-state index in [1.807, 2.05) is 12.1 Å². The SMILES string of the molecule is COc1cc(CNc2ccc(F)c(Cl)c2)cc(Br)c1OCc1cccc(F)c1. The van der Waals surface area contributed by atoms with Gasteiger partial charge in [-0.15, -0.1) is 0 Å². The summed E-state index contributed by atoms with van der Waals surface area (Å²) in [5, 5.41) is 3.24. The van der Waals surface area contributed by atoms with Gasteiger partial charge in [0.05, 0.1) is 16.6 Å². The largest absolute Gasteiger partial charge is 0.493 e. The maximum absolute atomic E-state index is 13.3. The van der Waals surface area contributed by atoms with Gasteiger partial charge in [-0.05, 0) is 69.5 Å². The summed E-state index contributed by atoms with van der Waals surface area (Å²) in [5.74, 6) is 0.297. The number of rotatable bonds is 7. The fourth-order valence-electron chi connectivity index (χ4n) is 2.61. The molecule has 3 rings (SSSR count). The van der Waals surface area contributed by atoms with E-state index in [4.69, 9.17) is 21.1 Å². The lowest BCUT2D eigenvalue weighted by Crippen LogP contribution is -2.03. The maximum Gasteiger partial charge on any atom is 0.175 e. The first-order valence-corrected chi connectivity index (χ1v) is 9.56. The van der Waals surface area contributed by atoms with Crippen LogP contribution in [0.25, 0.3) is 0 Å². The van der Waals surface area contributed by atoms with Crippen molar-refractivity contribution in [3.8, 4) is 11.5 Å². The fourth-order valence-corrected chi connectivity index (χ4v) is 3.39. The zero-order valence-electron chi connectivity index (χ0n) is 14.9. The molecule has 3 aromatic carbocycles. The van der Waals surface area contributed by atoms with Gasteiger partial charge in [0.25, 0.3) is 0 Å². The highest BCUT2D eigenvalue weighted by molar-refractivity contribution is 9.10. The predicted octanol–water partition coefficient (Wildman–Crippen LogP) is 6.58. The van der Waals surface area contributed by atoms with E-state index in [2.05, 4.69) is 21.2 Å². The van der Waals surface area contributed by atoms with Gasteiger partial charge >= 0.3 is 0 Å². The van der Waals surface area contributed by atoms with Crippen LogP contribution >= 0.6 is 27.5 Å². The second kappa shape index (κ2) is 9.26. The van der Waals surface area contributed by atoms with Crippen molar-refractivity contribution >= 4 is 33.2 Å². The van der Waals surface area contributed by atoms with E-state index in [-0.39, 0.29) is 17.4 Å². The first kappa shape index (κ1) is 20.4. The van der Waals surface area contributed by atoms with Crippen LogP contribution < -0.4 is 14.8 Å². The molecule has 0 heterocycles. The molecule has 0 aliphatic heterocycles. The highest BCUT2D eigenvalue weighted by Crippen LogP contribution is 2.37. The Bertz CT molecular complexity index is 985. The summed E-state index contributed by atoms with van der Waals surface area (Å²) in [6.45, 7) is 0.680. The Morgan fingerprint density at radius 1 is 1.04 bits per heavy atom. The molecule has 0 saturated heterocycles. The number of hydrogen-bond donors (Lipinski definition) is 1. The summed E-state index contributed by atoms with van der Waals surface area (Å²) in [5.41, 5.74) is 2.34. The molecule has 0 unspecified atom stereocenters. The van der Waals surface area contributed by atoms with E-state index in [0.717, 1.165) is 5.56 Å². The zero-order valence-corrected chi connectivity index (χ0v) is 17.3. The summed E-state index contributed by atoms with van der Waals surface area (Å²) in [6, 6.07) is 14.4.